The molecule has 2 aromatic carbocycles. The number of amides is 2. The van der Waals surface area contributed by atoms with Gasteiger partial charge in [-0.15, -0.1) is 0 Å². The number of rotatable bonds is 9. The topological polar surface area (TPSA) is 84.0 Å². The zero-order valence-electron chi connectivity index (χ0n) is 16.8. The summed E-state index contributed by atoms with van der Waals surface area (Å²) in [6.07, 6.45) is 2.18. The monoisotopic (exact) mass is 536 g/mol. The SMILES string of the molecule is O=C(CCCNC(=O)c1nc(SCc2ccccc2Cl)ncc1Br)Nc1ccc(F)cc1. The number of anilines is 1. The number of aromatic nitrogens is 2. The van der Waals surface area contributed by atoms with Crippen molar-refractivity contribution in [2.45, 2.75) is 23.8 Å². The second-order valence-electron chi connectivity index (χ2n) is 6.64. The summed E-state index contributed by atoms with van der Waals surface area (Å²) in [6.45, 7) is 0.300. The molecule has 166 valence electrons. The Morgan fingerprint density at radius 3 is 2.62 bits per heavy atom. The zero-order chi connectivity index (χ0) is 22.9. The first-order valence-electron chi connectivity index (χ1n) is 9.65. The average molecular weight is 538 g/mol. The quantitative estimate of drug-likeness (QED) is 0.215. The van der Waals surface area contributed by atoms with E-state index in [4.69, 9.17) is 11.6 Å². The van der Waals surface area contributed by atoms with Gasteiger partial charge in [0.2, 0.25) is 5.91 Å². The molecule has 0 atom stereocenters. The first kappa shape index (κ1) is 24.2. The van der Waals surface area contributed by atoms with Gasteiger partial charge in [0, 0.05) is 35.6 Å². The van der Waals surface area contributed by atoms with Crippen LogP contribution in [0.25, 0.3) is 0 Å². The van der Waals surface area contributed by atoms with E-state index < -0.39 is 0 Å². The Morgan fingerprint density at radius 2 is 1.88 bits per heavy atom. The van der Waals surface area contributed by atoms with Gasteiger partial charge in [0.05, 0.1) is 4.47 Å². The van der Waals surface area contributed by atoms with Gasteiger partial charge in [0.1, 0.15) is 11.5 Å². The molecule has 6 nitrogen and oxygen atoms in total. The van der Waals surface area contributed by atoms with Crippen molar-refractivity contribution in [3.8, 4) is 0 Å². The maximum atomic E-state index is 12.9. The Kier molecular flexibility index (Phi) is 9.01. The largest absolute Gasteiger partial charge is 0.351 e. The van der Waals surface area contributed by atoms with Crippen molar-refractivity contribution < 1.29 is 14.0 Å². The molecule has 0 bridgehead atoms. The first-order valence-corrected chi connectivity index (χ1v) is 11.8. The van der Waals surface area contributed by atoms with Crippen LogP contribution in [-0.2, 0) is 10.5 Å². The third-order valence-electron chi connectivity index (χ3n) is 4.25. The van der Waals surface area contributed by atoms with Crippen LogP contribution in [0.1, 0.15) is 28.9 Å². The van der Waals surface area contributed by atoms with Gasteiger partial charge in [-0.2, -0.15) is 0 Å². The van der Waals surface area contributed by atoms with Crippen LogP contribution in [0.2, 0.25) is 5.02 Å². The number of benzene rings is 2. The normalized spacial score (nSPS) is 10.6. The van der Waals surface area contributed by atoms with Gasteiger partial charge in [-0.1, -0.05) is 41.6 Å². The number of carbonyl (C=O) groups is 2. The van der Waals surface area contributed by atoms with Crippen LogP contribution in [0, 0.1) is 5.82 Å². The van der Waals surface area contributed by atoms with Crippen molar-refractivity contribution in [2.24, 2.45) is 0 Å². The molecule has 0 aliphatic carbocycles. The van der Waals surface area contributed by atoms with E-state index in [-0.39, 0.29) is 29.7 Å². The van der Waals surface area contributed by atoms with Crippen LogP contribution in [-0.4, -0.2) is 28.3 Å². The van der Waals surface area contributed by atoms with Crippen molar-refractivity contribution in [1.29, 1.82) is 0 Å². The van der Waals surface area contributed by atoms with E-state index in [1.807, 2.05) is 24.3 Å². The molecule has 0 saturated carbocycles. The minimum absolute atomic E-state index is 0.210. The van der Waals surface area contributed by atoms with Crippen LogP contribution in [0.4, 0.5) is 10.1 Å². The van der Waals surface area contributed by atoms with Crippen molar-refractivity contribution in [2.75, 3.05) is 11.9 Å². The van der Waals surface area contributed by atoms with E-state index in [0.717, 1.165) is 5.56 Å². The van der Waals surface area contributed by atoms with Crippen LogP contribution >= 0.6 is 39.3 Å². The van der Waals surface area contributed by atoms with Crippen molar-refractivity contribution >= 4 is 56.8 Å². The van der Waals surface area contributed by atoms with Crippen LogP contribution in [0.3, 0.4) is 0 Å². The van der Waals surface area contributed by atoms with Gasteiger partial charge in [-0.3, -0.25) is 9.59 Å². The summed E-state index contributed by atoms with van der Waals surface area (Å²) in [6, 6.07) is 13.0. The number of carbonyl (C=O) groups excluding carboxylic acids is 2. The van der Waals surface area contributed by atoms with Gasteiger partial charge in [0.15, 0.2) is 5.16 Å². The predicted molar refractivity (Wildman–Crippen MR) is 127 cm³/mol. The maximum absolute atomic E-state index is 12.9. The molecule has 2 amide bonds. The lowest BCUT2D eigenvalue weighted by Crippen LogP contribution is -2.27. The first-order chi connectivity index (χ1) is 15.4. The lowest BCUT2D eigenvalue weighted by Gasteiger charge is -2.08. The van der Waals surface area contributed by atoms with E-state index >= 15 is 0 Å². The van der Waals surface area contributed by atoms with E-state index in [9.17, 15) is 14.0 Å². The standard InChI is InChI=1S/C22H19BrClFN4O2S/c23-17-12-27-22(32-13-14-4-1-2-5-18(14)24)29-20(17)21(31)26-11-3-6-19(30)28-16-9-7-15(25)8-10-16/h1-2,4-5,7-10,12H,3,6,11,13H2,(H,26,31)(H,28,30). The molecule has 0 unspecified atom stereocenters. The molecule has 0 spiro atoms. The van der Waals surface area contributed by atoms with Crippen molar-refractivity contribution in [3.05, 3.63) is 81.3 Å². The fourth-order valence-corrected chi connectivity index (χ4v) is 4.10. The number of hydrogen-bond acceptors (Lipinski definition) is 5. The number of nitrogens with zero attached hydrogens (tertiary/aromatic N) is 2. The number of nitrogens with one attached hydrogen (secondary N) is 2. The van der Waals surface area contributed by atoms with Gasteiger partial charge in [-0.25, -0.2) is 14.4 Å². The molecule has 0 fully saturated rings. The zero-order valence-corrected chi connectivity index (χ0v) is 19.9. The molecule has 0 radical (unpaired) electrons. The second-order valence-corrected chi connectivity index (χ2v) is 8.85. The van der Waals surface area contributed by atoms with Crippen LogP contribution in [0.5, 0.6) is 0 Å². The predicted octanol–water partition coefficient (Wildman–Crippen LogP) is 5.47. The number of thioether (sulfide) groups is 1. The van der Waals surface area contributed by atoms with Crippen molar-refractivity contribution in [1.82, 2.24) is 15.3 Å². The summed E-state index contributed by atoms with van der Waals surface area (Å²) in [4.78, 5) is 33.1. The molecule has 32 heavy (non-hydrogen) atoms. The van der Waals surface area contributed by atoms with Gasteiger partial charge in [0.25, 0.3) is 5.91 Å². The number of halogens is 3. The minimum atomic E-state index is -0.369. The molecule has 0 aliphatic rings. The van der Waals surface area contributed by atoms with E-state index in [0.29, 0.717) is 39.1 Å². The highest BCUT2D eigenvalue weighted by Gasteiger charge is 2.14. The molecule has 1 aromatic heterocycles. The van der Waals surface area contributed by atoms with Crippen LogP contribution in [0.15, 0.2) is 64.4 Å². The van der Waals surface area contributed by atoms with Crippen LogP contribution < -0.4 is 10.6 Å². The summed E-state index contributed by atoms with van der Waals surface area (Å²) >= 11 is 10.9. The Bertz CT molecular complexity index is 1100. The smallest absolute Gasteiger partial charge is 0.271 e. The molecule has 0 aliphatic heterocycles. The summed E-state index contributed by atoms with van der Waals surface area (Å²) in [5.74, 6) is -0.372. The Morgan fingerprint density at radius 1 is 1.12 bits per heavy atom. The maximum Gasteiger partial charge on any atom is 0.271 e. The molecular formula is C22H19BrClFN4O2S. The summed E-state index contributed by atoms with van der Waals surface area (Å²) in [5.41, 5.74) is 1.69. The molecule has 0 saturated heterocycles. The molecule has 10 heteroatoms. The molecule has 3 aromatic rings. The fraction of sp³-hybridized carbons (Fsp3) is 0.182. The van der Waals surface area contributed by atoms with Gasteiger partial charge in [-0.05, 0) is 58.2 Å². The Hall–Kier alpha value is -2.49. The van der Waals surface area contributed by atoms with Gasteiger partial charge < -0.3 is 10.6 Å². The Balaban J connectivity index is 1.47. The third-order valence-corrected chi connectivity index (χ3v) is 6.11. The summed E-state index contributed by atoms with van der Waals surface area (Å²) in [5, 5.41) is 6.56. The minimum Gasteiger partial charge on any atom is -0.351 e. The molecular weight excluding hydrogens is 519 g/mol. The van der Waals surface area contributed by atoms with E-state index in [1.54, 1.807) is 0 Å². The van der Waals surface area contributed by atoms with E-state index in [2.05, 4.69) is 36.5 Å². The summed E-state index contributed by atoms with van der Waals surface area (Å²) in [7, 11) is 0. The van der Waals surface area contributed by atoms with Crippen molar-refractivity contribution in [3.63, 3.8) is 0 Å². The second kappa shape index (κ2) is 11.9. The van der Waals surface area contributed by atoms with E-state index in [1.165, 1.54) is 42.2 Å². The highest BCUT2D eigenvalue weighted by Crippen LogP contribution is 2.25. The molecule has 1 heterocycles. The molecule has 2 N–H and O–H groups in total. The summed E-state index contributed by atoms with van der Waals surface area (Å²) < 4.78 is 13.4. The lowest BCUT2D eigenvalue weighted by atomic mass is 10.2. The lowest BCUT2D eigenvalue weighted by molar-refractivity contribution is -0.116. The highest BCUT2D eigenvalue weighted by molar-refractivity contribution is 9.10. The third kappa shape index (κ3) is 7.29. The van der Waals surface area contributed by atoms with Gasteiger partial charge >= 0.3 is 0 Å². The molecule has 3 rings (SSSR count). The number of hydrogen-bond donors (Lipinski definition) is 2. The Labute approximate surface area is 202 Å². The fourth-order valence-electron chi connectivity index (χ4n) is 2.63. The average Bonchev–Trinajstić information content (AvgIpc) is 2.78. The highest BCUT2D eigenvalue weighted by atomic mass is 79.9.